The Bertz CT molecular complexity index is 394. The minimum atomic E-state index is -0.416. The first-order valence-electron chi connectivity index (χ1n) is 5.11. The van der Waals surface area contributed by atoms with E-state index in [-0.39, 0.29) is 5.69 Å². The summed E-state index contributed by atoms with van der Waals surface area (Å²) in [5, 5.41) is 11.1. The van der Waals surface area contributed by atoms with Crippen LogP contribution in [-0.4, -0.2) is 10.2 Å². The van der Waals surface area contributed by atoms with Crippen LogP contribution < -0.4 is 5.73 Å². The molecule has 0 aliphatic rings. The van der Waals surface area contributed by atoms with Crippen LogP contribution in [0.5, 0.6) is 0 Å². The van der Waals surface area contributed by atoms with Crippen molar-refractivity contribution in [2.24, 2.45) is 5.92 Å². The minimum absolute atomic E-state index is 0.0541. The van der Waals surface area contributed by atoms with E-state index in [2.05, 4.69) is 20.8 Å². The molecule has 1 rings (SSSR count). The van der Waals surface area contributed by atoms with Gasteiger partial charge in [0.05, 0.1) is 4.92 Å². The molecule has 1 unspecified atom stereocenters. The third-order valence-corrected chi connectivity index (χ3v) is 3.81. The fraction of sp³-hybridized carbons (Fsp3) is 0.455. The third kappa shape index (κ3) is 3.41. The number of hydrogen-bond acceptors (Lipinski definition) is 4. The fourth-order valence-corrected chi connectivity index (χ4v) is 2.22. The summed E-state index contributed by atoms with van der Waals surface area (Å²) in [7, 11) is 0. The van der Waals surface area contributed by atoms with Crippen LogP contribution in [0.2, 0.25) is 0 Å². The number of rotatable bonds is 4. The molecule has 4 nitrogen and oxygen atoms in total. The second-order valence-electron chi connectivity index (χ2n) is 4.08. The highest BCUT2D eigenvalue weighted by Crippen LogP contribution is 2.31. The summed E-state index contributed by atoms with van der Waals surface area (Å²) in [6.45, 7) is 6.35. The lowest BCUT2D eigenvalue weighted by molar-refractivity contribution is -0.385. The maximum Gasteiger partial charge on any atom is 0.272 e. The summed E-state index contributed by atoms with van der Waals surface area (Å²) in [5.74, 6) is 0.519. The molecule has 1 aromatic carbocycles. The monoisotopic (exact) mass is 240 g/mol. The molecule has 0 fully saturated rings. The van der Waals surface area contributed by atoms with E-state index < -0.39 is 4.92 Å². The van der Waals surface area contributed by atoms with Crippen molar-refractivity contribution < 1.29 is 4.92 Å². The number of nitrogens with zero attached hydrogens (tertiary/aromatic N) is 1. The predicted octanol–water partition coefficient (Wildman–Crippen LogP) is 3.31. The summed E-state index contributed by atoms with van der Waals surface area (Å²) in [6.07, 6.45) is 0. The molecule has 16 heavy (non-hydrogen) atoms. The first kappa shape index (κ1) is 12.8. The number of nitrogens with two attached hydrogens (primary N) is 1. The van der Waals surface area contributed by atoms with Crippen LogP contribution in [-0.2, 0) is 0 Å². The lowest BCUT2D eigenvalue weighted by Crippen LogP contribution is -2.05. The van der Waals surface area contributed by atoms with Crippen molar-refractivity contribution >= 4 is 23.1 Å². The van der Waals surface area contributed by atoms with Crippen LogP contribution >= 0.6 is 11.8 Å². The zero-order chi connectivity index (χ0) is 12.3. The molecule has 1 aromatic rings. The quantitative estimate of drug-likeness (QED) is 0.379. The molecule has 0 saturated heterocycles. The van der Waals surface area contributed by atoms with E-state index in [1.807, 2.05) is 0 Å². The summed E-state index contributed by atoms with van der Waals surface area (Å²) in [6, 6.07) is 4.72. The van der Waals surface area contributed by atoms with E-state index in [9.17, 15) is 10.1 Å². The Balaban J connectivity index is 2.92. The fourth-order valence-electron chi connectivity index (χ4n) is 1.13. The van der Waals surface area contributed by atoms with Crippen LogP contribution in [0, 0.1) is 16.0 Å². The number of non-ortho nitro benzene ring substituents is 1. The SMILES string of the molecule is CC(C)C(C)Sc1cc(N)cc([N+](=O)[O-])c1. The molecule has 2 N–H and O–H groups in total. The first-order valence-corrected chi connectivity index (χ1v) is 5.99. The Morgan fingerprint density at radius 1 is 1.31 bits per heavy atom. The van der Waals surface area contributed by atoms with Gasteiger partial charge in [-0.15, -0.1) is 11.8 Å². The molecule has 0 radical (unpaired) electrons. The Kier molecular flexibility index (Phi) is 4.18. The van der Waals surface area contributed by atoms with Gasteiger partial charge < -0.3 is 5.73 Å². The van der Waals surface area contributed by atoms with Gasteiger partial charge in [0.25, 0.3) is 5.69 Å². The van der Waals surface area contributed by atoms with Crippen molar-refractivity contribution in [2.45, 2.75) is 30.9 Å². The van der Waals surface area contributed by atoms with Crippen LogP contribution in [0.25, 0.3) is 0 Å². The number of nitro benzene ring substituents is 1. The normalized spacial score (nSPS) is 12.8. The molecule has 0 spiro atoms. The van der Waals surface area contributed by atoms with E-state index >= 15 is 0 Å². The molecule has 0 heterocycles. The van der Waals surface area contributed by atoms with Crippen molar-refractivity contribution in [3.05, 3.63) is 28.3 Å². The lowest BCUT2D eigenvalue weighted by Gasteiger charge is -2.14. The van der Waals surface area contributed by atoms with Gasteiger partial charge >= 0.3 is 0 Å². The van der Waals surface area contributed by atoms with Crippen LogP contribution in [0.4, 0.5) is 11.4 Å². The second-order valence-corrected chi connectivity index (χ2v) is 5.54. The third-order valence-electron chi connectivity index (χ3n) is 2.39. The van der Waals surface area contributed by atoms with Crippen LogP contribution in [0.15, 0.2) is 23.1 Å². The first-order chi connectivity index (χ1) is 7.40. The molecule has 0 amide bonds. The van der Waals surface area contributed by atoms with E-state index in [1.54, 1.807) is 23.9 Å². The highest BCUT2D eigenvalue weighted by atomic mass is 32.2. The largest absolute Gasteiger partial charge is 0.398 e. The lowest BCUT2D eigenvalue weighted by atomic mass is 10.2. The molecule has 0 aliphatic carbocycles. The second kappa shape index (κ2) is 5.21. The molecular formula is C11H16N2O2S. The van der Waals surface area contributed by atoms with Crippen molar-refractivity contribution in [1.82, 2.24) is 0 Å². The number of benzene rings is 1. The zero-order valence-electron chi connectivity index (χ0n) is 9.64. The van der Waals surface area contributed by atoms with Gasteiger partial charge in [-0.3, -0.25) is 10.1 Å². The van der Waals surface area contributed by atoms with Crippen LogP contribution in [0.3, 0.4) is 0 Å². The Morgan fingerprint density at radius 3 is 2.44 bits per heavy atom. The van der Waals surface area contributed by atoms with Crippen LogP contribution in [0.1, 0.15) is 20.8 Å². The molecule has 0 aliphatic heterocycles. The number of hydrogen-bond donors (Lipinski definition) is 1. The number of thioether (sulfide) groups is 1. The average molecular weight is 240 g/mol. The van der Waals surface area contributed by atoms with Crippen molar-refractivity contribution in [1.29, 1.82) is 0 Å². The summed E-state index contributed by atoms with van der Waals surface area (Å²) < 4.78 is 0. The maximum atomic E-state index is 10.7. The van der Waals surface area contributed by atoms with E-state index in [0.29, 0.717) is 16.9 Å². The number of nitro groups is 1. The van der Waals surface area contributed by atoms with Gasteiger partial charge in [-0.05, 0) is 12.0 Å². The van der Waals surface area contributed by atoms with Gasteiger partial charge in [0.2, 0.25) is 0 Å². The molecule has 5 heteroatoms. The van der Waals surface area contributed by atoms with Gasteiger partial charge in [-0.2, -0.15) is 0 Å². The predicted molar refractivity (Wildman–Crippen MR) is 67.7 cm³/mol. The Labute approximate surface area is 99.4 Å². The van der Waals surface area contributed by atoms with Gasteiger partial charge in [0.1, 0.15) is 0 Å². The smallest absolute Gasteiger partial charge is 0.272 e. The number of anilines is 1. The van der Waals surface area contributed by atoms with E-state index in [0.717, 1.165) is 4.90 Å². The molecule has 0 saturated carbocycles. The van der Waals surface area contributed by atoms with Gasteiger partial charge in [-0.1, -0.05) is 20.8 Å². The highest BCUT2D eigenvalue weighted by Gasteiger charge is 2.13. The minimum Gasteiger partial charge on any atom is -0.398 e. The molecule has 0 bridgehead atoms. The van der Waals surface area contributed by atoms with Crippen molar-refractivity contribution in [3.63, 3.8) is 0 Å². The zero-order valence-corrected chi connectivity index (χ0v) is 10.5. The Hall–Kier alpha value is -1.23. The summed E-state index contributed by atoms with van der Waals surface area (Å²) in [4.78, 5) is 11.1. The molecule has 88 valence electrons. The maximum absolute atomic E-state index is 10.7. The summed E-state index contributed by atoms with van der Waals surface area (Å²) in [5.41, 5.74) is 6.12. The summed E-state index contributed by atoms with van der Waals surface area (Å²) >= 11 is 1.61. The number of nitrogen functional groups attached to an aromatic ring is 1. The van der Waals surface area contributed by atoms with Gasteiger partial charge in [0.15, 0.2) is 0 Å². The topological polar surface area (TPSA) is 69.2 Å². The highest BCUT2D eigenvalue weighted by molar-refractivity contribution is 8.00. The van der Waals surface area contributed by atoms with Crippen molar-refractivity contribution in [3.8, 4) is 0 Å². The average Bonchev–Trinajstić information content (AvgIpc) is 2.16. The molecular weight excluding hydrogens is 224 g/mol. The standard InChI is InChI=1S/C11H16N2O2S/c1-7(2)8(3)16-11-5-9(12)4-10(6-11)13(14)15/h4-8H,12H2,1-3H3. The van der Waals surface area contributed by atoms with E-state index in [4.69, 9.17) is 5.73 Å². The Morgan fingerprint density at radius 2 is 1.94 bits per heavy atom. The molecule has 0 aromatic heterocycles. The van der Waals surface area contributed by atoms with Gasteiger partial charge in [0, 0.05) is 28.0 Å². The van der Waals surface area contributed by atoms with Gasteiger partial charge in [-0.25, -0.2) is 0 Å². The van der Waals surface area contributed by atoms with Crippen molar-refractivity contribution in [2.75, 3.05) is 5.73 Å². The van der Waals surface area contributed by atoms with E-state index in [1.165, 1.54) is 6.07 Å². The molecule has 1 atom stereocenters.